The van der Waals surface area contributed by atoms with Gasteiger partial charge in [-0.1, -0.05) is 32.0 Å². The predicted molar refractivity (Wildman–Crippen MR) is 151 cm³/mol. The van der Waals surface area contributed by atoms with Crippen LogP contribution in [0.4, 0.5) is 0 Å². The van der Waals surface area contributed by atoms with Crippen molar-refractivity contribution in [1.29, 1.82) is 5.26 Å². The van der Waals surface area contributed by atoms with Crippen LogP contribution in [0.5, 0.6) is 5.75 Å². The molecule has 0 aromatic heterocycles. The summed E-state index contributed by atoms with van der Waals surface area (Å²) in [6.45, 7) is 5.54. The molecule has 4 rings (SSSR count). The van der Waals surface area contributed by atoms with Crippen molar-refractivity contribution in [3.8, 4) is 11.8 Å². The number of benzene rings is 2. The zero-order valence-electron chi connectivity index (χ0n) is 20.6. The monoisotopic (exact) mass is 661 g/mol. The topological polar surface area (TPSA) is 88.6 Å². The molecular weight excluding hydrogens is 633 g/mol. The third-order valence-corrected chi connectivity index (χ3v) is 7.94. The number of allylic oxidation sites excluding steroid dienone is 3. The minimum Gasteiger partial charge on any atom is -0.488 e. The standard InChI is InChI=1S/C28H29BrIN3O3/c1-28(2)13-22-26(23(34)14-28)25(20(15-31)27(32)33(22)10-11-35-3)18-6-9-24(21(29)12-18)36-16-17-4-7-19(30)8-5-17/h4-9,12,25H,10-11,13-14,16,32H2,1-3H3/t25-/m1/s1. The normalized spacial score (nSPS) is 19.3. The van der Waals surface area contributed by atoms with Crippen LogP contribution in [0, 0.1) is 20.3 Å². The molecule has 1 heterocycles. The molecule has 0 fully saturated rings. The number of nitrogens with zero attached hydrogens (tertiary/aromatic N) is 2. The van der Waals surface area contributed by atoms with Gasteiger partial charge in [0.25, 0.3) is 0 Å². The number of ketones is 1. The molecule has 0 saturated heterocycles. The molecule has 8 heteroatoms. The summed E-state index contributed by atoms with van der Waals surface area (Å²) in [7, 11) is 1.63. The van der Waals surface area contributed by atoms with E-state index in [2.05, 4.69) is 58.4 Å². The molecule has 0 unspecified atom stereocenters. The molecule has 0 amide bonds. The van der Waals surface area contributed by atoms with Crippen molar-refractivity contribution in [2.45, 2.75) is 39.2 Å². The minimum atomic E-state index is -0.519. The number of Topliss-reactive ketones (excluding diaryl/α,β-unsaturated/α-hetero) is 1. The van der Waals surface area contributed by atoms with Crippen LogP contribution in [-0.2, 0) is 16.1 Å². The maximum absolute atomic E-state index is 13.5. The highest BCUT2D eigenvalue weighted by Crippen LogP contribution is 2.49. The van der Waals surface area contributed by atoms with E-state index in [1.54, 1.807) is 7.11 Å². The first-order valence-electron chi connectivity index (χ1n) is 11.7. The van der Waals surface area contributed by atoms with Crippen LogP contribution < -0.4 is 10.5 Å². The van der Waals surface area contributed by atoms with Crippen LogP contribution >= 0.6 is 38.5 Å². The molecule has 2 aromatic rings. The van der Waals surface area contributed by atoms with E-state index in [9.17, 15) is 10.1 Å². The van der Waals surface area contributed by atoms with E-state index in [1.807, 2.05) is 47.4 Å². The van der Waals surface area contributed by atoms with Crippen LogP contribution in [-0.4, -0.2) is 30.9 Å². The lowest BCUT2D eigenvalue weighted by molar-refractivity contribution is -0.118. The molecule has 0 radical (unpaired) electrons. The smallest absolute Gasteiger partial charge is 0.162 e. The van der Waals surface area contributed by atoms with Crippen molar-refractivity contribution in [1.82, 2.24) is 4.90 Å². The van der Waals surface area contributed by atoms with Gasteiger partial charge >= 0.3 is 0 Å². The van der Waals surface area contributed by atoms with Crippen LogP contribution in [0.1, 0.15) is 43.7 Å². The summed E-state index contributed by atoms with van der Waals surface area (Å²) in [6, 6.07) is 16.2. The van der Waals surface area contributed by atoms with Crippen LogP contribution in [0.2, 0.25) is 0 Å². The van der Waals surface area contributed by atoms with Gasteiger partial charge in [0.2, 0.25) is 0 Å². The van der Waals surface area contributed by atoms with Gasteiger partial charge in [0.1, 0.15) is 18.2 Å². The SMILES string of the molecule is COCCN1C(N)=C(C#N)[C@@H](c2ccc(OCc3ccc(I)cc3)c(Br)c2)C2=C1CC(C)(C)CC2=O. The van der Waals surface area contributed by atoms with E-state index in [1.165, 1.54) is 3.57 Å². The first-order valence-corrected chi connectivity index (χ1v) is 13.6. The largest absolute Gasteiger partial charge is 0.488 e. The van der Waals surface area contributed by atoms with Gasteiger partial charge < -0.3 is 20.1 Å². The molecule has 0 saturated carbocycles. The number of hydrogen-bond donors (Lipinski definition) is 1. The van der Waals surface area contributed by atoms with Crippen molar-refractivity contribution >= 4 is 44.3 Å². The highest BCUT2D eigenvalue weighted by molar-refractivity contribution is 14.1. The number of nitrogens with two attached hydrogens (primary N) is 1. The highest BCUT2D eigenvalue weighted by atomic mass is 127. The Labute approximate surface area is 234 Å². The van der Waals surface area contributed by atoms with Gasteiger partial charge in [-0.05, 0) is 85.7 Å². The average molecular weight is 662 g/mol. The molecular formula is C28H29BrIN3O3. The van der Waals surface area contributed by atoms with E-state index in [4.69, 9.17) is 15.2 Å². The second kappa shape index (κ2) is 11.0. The lowest BCUT2D eigenvalue weighted by atomic mass is 9.68. The first-order chi connectivity index (χ1) is 17.1. The van der Waals surface area contributed by atoms with Crippen LogP contribution in [0.25, 0.3) is 0 Å². The Morgan fingerprint density at radius 1 is 1.22 bits per heavy atom. The maximum Gasteiger partial charge on any atom is 0.162 e. The molecule has 2 aromatic carbocycles. The summed E-state index contributed by atoms with van der Waals surface area (Å²) < 4.78 is 13.3. The van der Waals surface area contributed by atoms with Gasteiger partial charge in [0.15, 0.2) is 5.78 Å². The first kappa shape index (κ1) is 26.7. The zero-order chi connectivity index (χ0) is 26.0. The van der Waals surface area contributed by atoms with E-state index in [0.717, 1.165) is 21.3 Å². The Balaban J connectivity index is 1.71. The van der Waals surface area contributed by atoms with E-state index < -0.39 is 5.92 Å². The molecule has 2 N–H and O–H groups in total. The number of carbonyl (C=O) groups is 1. The average Bonchev–Trinajstić information content (AvgIpc) is 2.82. The van der Waals surface area contributed by atoms with Gasteiger partial charge in [0.05, 0.1) is 28.6 Å². The molecule has 188 valence electrons. The summed E-state index contributed by atoms with van der Waals surface area (Å²) >= 11 is 5.91. The lowest BCUT2D eigenvalue weighted by Gasteiger charge is -2.43. The summed E-state index contributed by atoms with van der Waals surface area (Å²) in [6.07, 6.45) is 1.13. The van der Waals surface area contributed by atoms with Crippen molar-refractivity contribution in [3.05, 3.63) is 84.3 Å². The Hall–Kier alpha value is -2.35. The van der Waals surface area contributed by atoms with Crippen molar-refractivity contribution in [2.75, 3.05) is 20.3 Å². The van der Waals surface area contributed by atoms with Crippen LogP contribution in [0.3, 0.4) is 0 Å². The minimum absolute atomic E-state index is 0.0593. The van der Waals surface area contributed by atoms with E-state index in [-0.39, 0.29) is 11.2 Å². The molecule has 1 atom stereocenters. The number of methoxy groups -OCH3 is 1. The number of rotatable bonds is 7. The zero-order valence-corrected chi connectivity index (χ0v) is 24.4. The lowest BCUT2D eigenvalue weighted by Crippen LogP contribution is -2.43. The number of carbonyl (C=O) groups excluding carboxylic acids is 1. The maximum atomic E-state index is 13.5. The summed E-state index contributed by atoms with van der Waals surface area (Å²) in [5, 5.41) is 10.2. The van der Waals surface area contributed by atoms with Gasteiger partial charge in [0, 0.05) is 34.9 Å². The third kappa shape index (κ3) is 5.48. The predicted octanol–water partition coefficient (Wildman–Crippen LogP) is 6.02. The molecule has 1 aliphatic heterocycles. The highest BCUT2D eigenvalue weighted by Gasteiger charge is 2.44. The summed E-state index contributed by atoms with van der Waals surface area (Å²) in [5.41, 5.74) is 10.2. The van der Waals surface area contributed by atoms with Gasteiger partial charge in [-0.25, -0.2) is 0 Å². The van der Waals surface area contributed by atoms with Gasteiger partial charge in [-0.3, -0.25) is 4.79 Å². The molecule has 36 heavy (non-hydrogen) atoms. The Bertz CT molecular complexity index is 1280. The molecule has 0 spiro atoms. The molecule has 0 bridgehead atoms. The van der Waals surface area contributed by atoms with Crippen molar-refractivity contribution < 1.29 is 14.3 Å². The van der Waals surface area contributed by atoms with Gasteiger partial charge in [-0.2, -0.15) is 5.26 Å². The number of halogens is 2. The Kier molecular flexibility index (Phi) is 8.12. The summed E-state index contributed by atoms with van der Waals surface area (Å²) in [4.78, 5) is 15.4. The summed E-state index contributed by atoms with van der Waals surface area (Å²) in [5.74, 6) is 0.618. The number of hydrogen-bond acceptors (Lipinski definition) is 6. The Morgan fingerprint density at radius 3 is 2.58 bits per heavy atom. The van der Waals surface area contributed by atoms with Gasteiger partial charge in [-0.15, -0.1) is 0 Å². The molecule has 6 nitrogen and oxygen atoms in total. The third-order valence-electron chi connectivity index (χ3n) is 6.60. The number of nitriles is 1. The molecule has 1 aliphatic carbocycles. The van der Waals surface area contributed by atoms with Crippen molar-refractivity contribution in [2.24, 2.45) is 11.1 Å². The van der Waals surface area contributed by atoms with Crippen LogP contribution in [0.15, 0.2) is 69.6 Å². The Morgan fingerprint density at radius 2 is 1.94 bits per heavy atom. The van der Waals surface area contributed by atoms with E-state index in [0.29, 0.717) is 55.3 Å². The fraction of sp³-hybridized carbons (Fsp3) is 0.357. The fourth-order valence-electron chi connectivity index (χ4n) is 4.90. The quantitative estimate of drug-likeness (QED) is 0.366. The second-order valence-corrected chi connectivity index (χ2v) is 12.0. The number of ether oxygens (including phenoxy) is 2. The second-order valence-electron chi connectivity index (χ2n) is 9.89. The van der Waals surface area contributed by atoms with Crippen molar-refractivity contribution in [3.63, 3.8) is 0 Å². The van der Waals surface area contributed by atoms with E-state index >= 15 is 0 Å². The molecule has 2 aliphatic rings. The fourth-order valence-corrected chi connectivity index (χ4v) is 5.77.